The Morgan fingerprint density at radius 2 is 1.76 bits per heavy atom. The van der Waals surface area contributed by atoms with Gasteiger partial charge in [0, 0.05) is 30.2 Å². The highest BCUT2D eigenvalue weighted by Gasteiger charge is 2.14. The molecule has 0 atom stereocenters. The second-order valence-electron chi connectivity index (χ2n) is 7.56. The minimum absolute atomic E-state index is 0.0233. The van der Waals surface area contributed by atoms with Gasteiger partial charge in [-0.15, -0.1) is 0 Å². The highest BCUT2D eigenvalue weighted by molar-refractivity contribution is 5.97. The Labute approximate surface area is 168 Å². The normalized spacial score (nSPS) is 14.8. The van der Waals surface area contributed by atoms with Gasteiger partial charge in [0.05, 0.1) is 0 Å². The molecule has 3 aromatic rings. The number of pyridine rings is 1. The molecule has 0 radical (unpaired) electrons. The number of likely N-dealkylation sites (tertiary alicyclic amines) is 1. The van der Waals surface area contributed by atoms with E-state index in [0.717, 1.165) is 31.3 Å². The molecule has 150 valence electrons. The van der Waals surface area contributed by atoms with Gasteiger partial charge < -0.3 is 10.3 Å². The van der Waals surface area contributed by atoms with E-state index < -0.39 is 17.2 Å². The summed E-state index contributed by atoms with van der Waals surface area (Å²) in [5.41, 5.74) is 2.22. The molecule has 29 heavy (non-hydrogen) atoms. The van der Waals surface area contributed by atoms with E-state index in [-0.39, 0.29) is 10.9 Å². The van der Waals surface area contributed by atoms with Crippen LogP contribution in [-0.4, -0.2) is 28.9 Å². The van der Waals surface area contributed by atoms with Crippen LogP contribution in [0, 0.1) is 5.82 Å². The Hall–Kier alpha value is -2.99. The minimum atomic E-state index is -0.509. The van der Waals surface area contributed by atoms with Gasteiger partial charge >= 0.3 is 0 Å². The van der Waals surface area contributed by atoms with Crippen LogP contribution in [0.3, 0.4) is 0 Å². The molecule has 6 heteroatoms. The van der Waals surface area contributed by atoms with Gasteiger partial charge in [-0.25, -0.2) is 4.39 Å². The van der Waals surface area contributed by atoms with E-state index in [0.29, 0.717) is 12.1 Å². The molecule has 0 saturated carbocycles. The summed E-state index contributed by atoms with van der Waals surface area (Å²) in [6.07, 6.45) is 5.24. The molecule has 2 aromatic carbocycles. The summed E-state index contributed by atoms with van der Waals surface area (Å²) >= 11 is 0. The summed E-state index contributed by atoms with van der Waals surface area (Å²) in [6.45, 7) is 3.59. The molecule has 0 spiro atoms. The van der Waals surface area contributed by atoms with Gasteiger partial charge in [0.2, 0.25) is 5.43 Å². The van der Waals surface area contributed by atoms with Crippen molar-refractivity contribution in [1.82, 2.24) is 15.2 Å². The Morgan fingerprint density at radius 1 is 1.03 bits per heavy atom. The molecule has 1 saturated heterocycles. The molecule has 1 aliphatic heterocycles. The lowest BCUT2D eigenvalue weighted by atomic mass is 10.1. The number of fused-ring (bicyclic) bond motifs is 1. The molecular formula is C23H24FN3O2. The Bertz CT molecular complexity index is 1070. The number of hydrogen-bond acceptors (Lipinski definition) is 3. The van der Waals surface area contributed by atoms with Gasteiger partial charge in [-0.05, 0) is 55.3 Å². The molecule has 0 bridgehead atoms. The summed E-state index contributed by atoms with van der Waals surface area (Å²) in [5.74, 6) is -0.986. The van der Waals surface area contributed by atoms with Crippen molar-refractivity contribution in [2.45, 2.75) is 32.4 Å². The lowest BCUT2D eigenvalue weighted by molar-refractivity contribution is 0.0949. The highest BCUT2D eigenvalue weighted by atomic mass is 19.1. The molecule has 1 aromatic heterocycles. The zero-order valence-corrected chi connectivity index (χ0v) is 16.2. The van der Waals surface area contributed by atoms with Gasteiger partial charge in [-0.1, -0.05) is 30.7 Å². The lowest BCUT2D eigenvalue weighted by Gasteiger charge is -2.26. The summed E-state index contributed by atoms with van der Waals surface area (Å²) in [4.78, 5) is 30.3. The van der Waals surface area contributed by atoms with Crippen molar-refractivity contribution < 1.29 is 9.18 Å². The number of hydrogen-bond donors (Lipinski definition) is 2. The van der Waals surface area contributed by atoms with Crippen LogP contribution in [0.25, 0.3) is 10.9 Å². The van der Waals surface area contributed by atoms with E-state index in [1.54, 1.807) is 0 Å². The number of nitrogens with zero attached hydrogens (tertiary/aromatic N) is 1. The monoisotopic (exact) mass is 393 g/mol. The SMILES string of the molecule is O=C(NCc1ccc(CN2CCCCC2)cc1)c1c[nH]c2ccc(F)cc2c1=O. The Morgan fingerprint density at radius 3 is 2.52 bits per heavy atom. The van der Waals surface area contributed by atoms with Crippen LogP contribution in [0.5, 0.6) is 0 Å². The van der Waals surface area contributed by atoms with Crippen molar-refractivity contribution in [1.29, 1.82) is 0 Å². The predicted molar refractivity (Wildman–Crippen MR) is 111 cm³/mol. The van der Waals surface area contributed by atoms with E-state index in [1.807, 2.05) is 12.1 Å². The molecule has 0 unspecified atom stereocenters. The fourth-order valence-corrected chi connectivity index (χ4v) is 3.78. The van der Waals surface area contributed by atoms with Crippen LogP contribution in [-0.2, 0) is 13.1 Å². The number of nitrogens with one attached hydrogen (secondary N) is 2. The molecular weight excluding hydrogens is 369 g/mol. The summed E-state index contributed by atoms with van der Waals surface area (Å²) in [6, 6.07) is 12.1. The van der Waals surface area contributed by atoms with Crippen molar-refractivity contribution in [3.63, 3.8) is 0 Å². The largest absolute Gasteiger partial charge is 0.360 e. The highest BCUT2D eigenvalue weighted by Crippen LogP contribution is 2.14. The van der Waals surface area contributed by atoms with Crippen LogP contribution in [0.15, 0.2) is 53.5 Å². The predicted octanol–water partition coefficient (Wildman–Crippen LogP) is 3.58. The van der Waals surface area contributed by atoms with E-state index in [2.05, 4.69) is 27.3 Å². The first-order valence-corrected chi connectivity index (χ1v) is 9.99. The maximum Gasteiger partial charge on any atom is 0.257 e. The van der Waals surface area contributed by atoms with Crippen molar-refractivity contribution >= 4 is 16.8 Å². The van der Waals surface area contributed by atoms with Crippen molar-refractivity contribution in [2.24, 2.45) is 0 Å². The fourth-order valence-electron chi connectivity index (χ4n) is 3.78. The maximum atomic E-state index is 13.4. The first-order chi connectivity index (χ1) is 14.1. The average molecular weight is 393 g/mol. The number of carbonyl (C=O) groups is 1. The van der Waals surface area contributed by atoms with E-state index in [1.165, 1.54) is 43.2 Å². The van der Waals surface area contributed by atoms with Crippen LogP contribution in [0.1, 0.15) is 40.7 Å². The standard InChI is InChI=1S/C23H24FN3O2/c24-18-8-9-21-19(12-18)22(28)20(14-25-21)23(29)26-13-16-4-6-17(7-5-16)15-27-10-2-1-3-11-27/h4-9,12,14H,1-3,10-11,13,15H2,(H,25,28)(H,26,29). The third-order valence-corrected chi connectivity index (χ3v) is 5.42. The molecule has 1 fully saturated rings. The topological polar surface area (TPSA) is 65.2 Å². The van der Waals surface area contributed by atoms with Crippen molar-refractivity contribution in [3.8, 4) is 0 Å². The minimum Gasteiger partial charge on any atom is -0.360 e. The Kier molecular flexibility index (Phi) is 5.71. The lowest BCUT2D eigenvalue weighted by Crippen LogP contribution is -2.29. The zero-order chi connectivity index (χ0) is 20.2. The number of amides is 1. The van der Waals surface area contributed by atoms with E-state index >= 15 is 0 Å². The van der Waals surface area contributed by atoms with Gasteiger partial charge in [-0.2, -0.15) is 0 Å². The number of aromatic amines is 1. The first-order valence-electron chi connectivity index (χ1n) is 9.99. The quantitative estimate of drug-likeness (QED) is 0.696. The number of carbonyl (C=O) groups excluding carboxylic acids is 1. The summed E-state index contributed by atoms with van der Waals surface area (Å²) in [5, 5.41) is 2.94. The molecule has 1 aliphatic rings. The summed E-state index contributed by atoms with van der Waals surface area (Å²) in [7, 11) is 0. The van der Waals surface area contributed by atoms with Crippen LogP contribution >= 0.6 is 0 Å². The van der Waals surface area contributed by atoms with Crippen molar-refractivity contribution in [2.75, 3.05) is 13.1 Å². The molecule has 1 amide bonds. The first kappa shape index (κ1) is 19.3. The zero-order valence-electron chi connectivity index (χ0n) is 16.2. The average Bonchev–Trinajstić information content (AvgIpc) is 2.74. The molecule has 4 rings (SSSR count). The van der Waals surface area contributed by atoms with Crippen LogP contribution in [0.2, 0.25) is 0 Å². The van der Waals surface area contributed by atoms with Gasteiger partial charge in [0.25, 0.3) is 5.91 Å². The van der Waals surface area contributed by atoms with Crippen molar-refractivity contribution in [3.05, 3.63) is 81.4 Å². The van der Waals surface area contributed by atoms with Crippen LogP contribution in [0.4, 0.5) is 4.39 Å². The molecule has 2 N–H and O–H groups in total. The number of piperidine rings is 1. The fraction of sp³-hybridized carbons (Fsp3) is 0.304. The third-order valence-electron chi connectivity index (χ3n) is 5.42. The van der Waals surface area contributed by atoms with Gasteiger partial charge in [0.1, 0.15) is 11.4 Å². The summed E-state index contributed by atoms with van der Waals surface area (Å²) < 4.78 is 13.4. The smallest absolute Gasteiger partial charge is 0.257 e. The molecule has 5 nitrogen and oxygen atoms in total. The number of rotatable bonds is 5. The van der Waals surface area contributed by atoms with Crippen LogP contribution < -0.4 is 10.7 Å². The third kappa shape index (κ3) is 4.54. The maximum absolute atomic E-state index is 13.4. The number of aromatic nitrogens is 1. The molecule has 0 aliphatic carbocycles. The van der Waals surface area contributed by atoms with Gasteiger partial charge in [0.15, 0.2) is 0 Å². The second-order valence-corrected chi connectivity index (χ2v) is 7.56. The van der Waals surface area contributed by atoms with E-state index in [9.17, 15) is 14.0 Å². The number of H-pyrrole nitrogens is 1. The second kappa shape index (κ2) is 8.57. The number of benzene rings is 2. The van der Waals surface area contributed by atoms with Gasteiger partial charge in [-0.3, -0.25) is 14.5 Å². The molecule has 2 heterocycles. The number of halogens is 1. The van der Waals surface area contributed by atoms with E-state index in [4.69, 9.17) is 0 Å². The Balaban J connectivity index is 1.40.